The lowest BCUT2D eigenvalue weighted by Crippen LogP contribution is -2.22. The minimum Gasteiger partial charge on any atom is -0.283 e. The van der Waals surface area contributed by atoms with Crippen LogP contribution < -0.4 is 4.72 Å². The quantitative estimate of drug-likeness (QED) is 0.932. The molecule has 1 aromatic carbocycles. The second-order valence-corrected chi connectivity index (χ2v) is 6.42. The van der Waals surface area contributed by atoms with Gasteiger partial charge in [0, 0.05) is 0 Å². The molecule has 1 aromatic rings. The van der Waals surface area contributed by atoms with Crippen LogP contribution in [0.3, 0.4) is 0 Å². The topological polar surface area (TPSA) is 46.2 Å². The van der Waals surface area contributed by atoms with Gasteiger partial charge < -0.3 is 0 Å². The summed E-state index contributed by atoms with van der Waals surface area (Å²) in [5.41, 5.74) is 0.226. The molecule has 6 heteroatoms. The highest BCUT2D eigenvalue weighted by Gasteiger charge is 2.15. The van der Waals surface area contributed by atoms with Crippen LogP contribution in [0.2, 0.25) is 0 Å². The Morgan fingerprint density at radius 2 is 2.00 bits per heavy atom. The smallest absolute Gasteiger partial charge is 0.235 e. The van der Waals surface area contributed by atoms with Crippen molar-refractivity contribution < 1.29 is 12.8 Å². The van der Waals surface area contributed by atoms with Gasteiger partial charge in [-0.25, -0.2) is 12.8 Å². The molecule has 15 heavy (non-hydrogen) atoms. The first-order valence-electron chi connectivity index (χ1n) is 4.29. The van der Waals surface area contributed by atoms with Gasteiger partial charge in [0.2, 0.25) is 10.0 Å². The molecule has 1 rings (SSSR count). The number of halogens is 2. The van der Waals surface area contributed by atoms with Crippen LogP contribution in [0.25, 0.3) is 0 Å². The van der Waals surface area contributed by atoms with Crippen molar-refractivity contribution in [2.45, 2.75) is 19.1 Å². The second-order valence-electron chi connectivity index (χ2n) is 3.32. The summed E-state index contributed by atoms with van der Waals surface area (Å²) in [7, 11) is -3.41. The average Bonchev–Trinajstić information content (AvgIpc) is 2.10. The fourth-order valence-corrected chi connectivity index (χ4v) is 1.78. The molecule has 0 saturated heterocycles. The van der Waals surface area contributed by atoms with E-state index in [0.717, 1.165) is 6.07 Å². The van der Waals surface area contributed by atoms with Gasteiger partial charge in [0.05, 0.1) is 15.4 Å². The Bertz CT molecular complexity index is 459. The summed E-state index contributed by atoms with van der Waals surface area (Å²) < 4.78 is 38.6. The number of nitrogens with one attached hydrogen (secondary N) is 1. The molecule has 0 aromatic heterocycles. The maximum Gasteiger partial charge on any atom is 0.235 e. The fourth-order valence-electron chi connectivity index (χ4n) is 0.842. The standard InChI is InChI=1S/C9H11BrFNO2S/c1-6(2)15(13,14)12-7-3-4-8(10)9(11)5-7/h3-6,12H,1-2H3. The second kappa shape index (κ2) is 4.49. The SMILES string of the molecule is CC(C)S(=O)(=O)Nc1ccc(Br)c(F)c1. The summed E-state index contributed by atoms with van der Waals surface area (Å²) in [4.78, 5) is 0. The van der Waals surface area contributed by atoms with Gasteiger partial charge in [0.25, 0.3) is 0 Å². The van der Waals surface area contributed by atoms with Gasteiger partial charge >= 0.3 is 0 Å². The third-order valence-electron chi connectivity index (χ3n) is 1.80. The van der Waals surface area contributed by atoms with Crippen LogP contribution >= 0.6 is 15.9 Å². The molecule has 1 N–H and O–H groups in total. The Labute approximate surface area is 96.9 Å². The third-order valence-corrected chi connectivity index (χ3v) is 4.20. The van der Waals surface area contributed by atoms with E-state index in [-0.39, 0.29) is 5.69 Å². The van der Waals surface area contributed by atoms with Crippen LogP contribution in [-0.2, 0) is 10.0 Å². The van der Waals surface area contributed by atoms with Crippen LogP contribution in [0.15, 0.2) is 22.7 Å². The number of benzene rings is 1. The van der Waals surface area contributed by atoms with Gasteiger partial charge in [-0.3, -0.25) is 4.72 Å². The first kappa shape index (κ1) is 12.4. The Morgan fingerprint density at radius 3 is 2.47 bits per heavy atom. The maximum absolute atomic E-state index is 13.1. The van der Waals surface area contributed by atoms with Gasteiger partial charge in [0.1, 0.15) is 5.82 Å². The molecule has 0 bridgehead atoms. The minimum atomic E-state index is -3.41. The maximum atomic E-state index is 13.1. The van der Waals surface area contributed by atoms with Gasteiger partial charge in [-0.05, 0) is 48.0 Å². The van der Waals surface area contributed by atoms with Gasteiger partial charge in [-0.2, -0.15) is 0 Å². The molecule has 0 fully saturated rings. The van der Waals surface area contributed by atoms with E-state index in [1.807, 2.05) is 0 Å². The van der Waals surface area contributed by atoms with Crippen molar-refractivity contribution in [3.05, 3.63) is 28.5 Å². The Hall–Kier alpha value is -0.620. The molecule has 0 unspecified atom stereocenters. The molecule has 0 aliphatic heterocycles. The third kappa shape index (κ3) is 3.17. The summed E-state index contributed by atoms with van der Waals surface area (Å²) >= 11 is 2.99. The minimum absolute atomic E-state index is 0.226. The van der Waals surface area contributed by atoms with Crippen molar-refractivity contribution in [3.8, 4) is 0 Å². The number of anilines is 1. The van der Waals surface area contributed by atoms with E-state index in [1.165, 1.54) is 12.1 Å². The van der Waals surface area contributed by atoms with Crippen LogP contribution in [-0.4, -0.2) is 13.7 Å². The van der Waals surface area contributed by atoms with E-state index < -0.39 is 21.1 Å². The molecule has 0 radical (unpaired) electrons. The molecular formula is C9H11BrFNO2S. The first-order chi connectivity index (χ1) is 6.83. The molecule has 0 saturated carbocycles. The number of hydrogen-bond donors (Lipinski definition) is 1. The van der Waals surface area contributed by atoms with Crippen LogP contribution in [0.5, 0.6) is 0 Å². The van der Waals surface area contributed by atoms with Crippen LogP contribution in [0.1, 0.15) is 13.8 Å². The van der Waals surface area contributed by atoms with Crippen molar-refractivity contribution in [1.82, 2.24) is 0 Å². The van der Waals surface area contributed by atoms with E-state index in [1.54, 1.807) is 13.8 Å². The zero-order valence-electron chi connectivity index (χ0n) is 8.29. The zero-order valence-corrected chi connectivity index (χ0v) is 10.7. The van der Waals surface area contributed by atoms with Crippen LogP contribution in [0, 0.1) is 5.82 Å². The summed E-state index contributed by atoms with van der Waals surface area (Å²) in [6, 6.07) is 4.07. The Morgan fingerprint density at radius 1 is 1.40 bits per heavy atom. The van der Waals surface area contributed by atoms with E-state index >= 15 is 0 Å². The molecular weight excluding hydrogens is 285 g/mol. The predicted octanol–water partition coefficient (Wildman–Crippen LogP) is 2.74. The lowest BCUT2D eigenvalue weighted by molar-refractivity contribution is 0.592. The van der Waals surface area contributed by atoms with Crippen molar-refractivity contribution in [2.24, 2.45) is 0 Å². The molecule has 0 atom stereocenters. The molecule has 84 valence electrons. The normalized spacial score (nSPS) is 11.8. The number of rotatable bonds is 3. The Balaban J connectivity index is 2.96. The average molecular weight is 296 g/mol. The van der Waals surface area contributed by atoms with Crippen molar-refractivity contribution in [2.75, 3.05) is 4.72 Å². The fraction of sp³-hybridized carbons (Fsp3) is 0.333. The van der Waals surface area contributed by atoms with E-state index in [2.05, 4.69) is 20.7 Å². The predicted molar refractivity (Wildman–Crippen MR) is 61.8 cm³/mol. The Kier molecular flexibility index (Phi) is 3.72. The largest absolute Gasteiger partial charge is 0.283 e. The highest BCUT2D eigenvalue weighted by Crippen LogP contribution is 2.20. The molecule has 0 aliphatic rings. The van der Waals surface area contributed by atoms with E-state index in [4.69, 9.17) is 0 Å². The molecule has 0 heterocycles. The lowest BCUT2D eigenvalue weighted by atomic mass is 10.3. The zero-order chi connectivity index (χ0) is 11.6. The summed E-state index contributed by atoms with van der Waals surface area (Å²) in [5.74, 6) is -0.501. The first-order valence-corrected chi connectivity index (χ1v) is 6.63. The van der Waals surface area contributed by atoms with Crippen LogP contribution in [0.4, 0.5) is 10.1 Å². The molecule has 0 aliphatic carbocycles. The van der Waals surface area contributed by atoms with Gasteiger partial charge in [-0.1, -0.05) is 0 Å². The number of sulfonamides is 1. The van der Waals surface area contributed by atoms with Crippen molar-refractivity contribution in [1.29, 1.82) is 0 Å². The summed E-state index contributed by atoms with van der Waals surface area (Å²) in [6.45, 7) is 3.11. The lowest BCUT2D eigenvalue weighted by Gasteiger charge is -2.10. The van der Waals surface area contributed by atoms with E-state index in [9.17, 15) is 12.8 Å². The molecule has 3 nitrogen and oxygen atoms in total. The highest BCUT2D eigenvalue weighted by molar-refractivity contribution is 9.10. The van der Waals surface area contributed by atoms with Gasteiger partial charge in [0.15, 0.2) is 0 Å². The number of hydrogen-bond acceptors (Lipinski definition) is 2. The highest BCUT2D eigenvalue weighted by atomic mass is 79.9. The molecule has 0 spiro atoms. The monoisotopic (exact) mass is 295 g/mol. The molecule has 0 amide bonds. The van der Waals surface area contributed by atoms with E-state index in [0.29, 0.717) is 4.47 Å². The summed E-state index contributed by atoms with van der Waals surface area (Å²) in [6.07, 6.45) is 0. The van der Waals surface area contributed by atoms with Gasteiger partial charge in [-0.15, -0.1) is 0 Å². The summed E-state index contributed by atoms with van der Waals surface area (Å²) in [5, 5.41) is -0.552. The van der Waals surface area contributed by atoms with Crippen molar-refractivity contribution in [3.63, 3.8) is 0 Å². The van der Waals surface area contributed by atoms with Crippen molar-refractivity contribution >= 4 is 31.6 Å².